The Hall–Kier alpha value is -1.73. The first-order chi connectivity index (χ1) is 8.58. The number of fused-ring (bicyclic) bond motifs is 3. The minimum Gasteiger partial charge on any atom is -0.423 e. The van der Waals surface area contributed by atoms with E-state index in [-0.39, 0.29) is 5.46 Å². The molecule has 0 atom stereocenters. The Morgan fingerprint density at radius 2 is 2.06 bits per heavy atom. The van der Waals surface area contributed by atoms with Gasteiger partial charge in [0.05, 0.1) is 5.69 Å². The molecule has 1 aromatic carbocycles. The molecule has 1 aliphatic heterocycles. The molecule has 92 valence electrons. The van der Waals surface area contributed by atoms with E-state index in [1.165, 1.54) is 0 Å². The van der Waals surface area contributed by atoms with Gasteiger partial charge in [0, 0.05) is 6.42 Å². The number of hydrogen-bond acceptors (Lipinski definition) is 4. The Kier molecular flexibility index (Phi) is 2.46. The van der Waals surface area contributed by atoms with Crippen LogP contribution in [-0.2, 0) is 12.8 Å². The average molecular weight is 247 g/mol. The number of aryl methyl sites for hydroxylation is 3. The van der Waals surface area contributed by atoms with Crippen LogP contribution in [0.2, 0.25) is 0 Å². The van der Waals surface area contributed by atoms with E-state index in [9.17, 15) is 4.39 Å². The monoisotopic (exact) mass is 247 g/mol. The van der Waals surface area contributed by atoms with Crippen molar-refractivity contribution in [3.63, 3.8) is 0 Å². The Labute approximate surface area is 103 Å². The van der Waals surface area contributed by atoms with E-state index in [1.807, 2.05) is 0 Å². The lowest BCUT2D eigenvalue weighted by atomic mass is 9.78. The first kappa shape index (κ1) is 11.4. The van der Waals surface area contributed by atoms with E-state index in [1.54, 1.807) is 17.6 Å². The second-order valence-electron chi connectivity index (χ2n) is 4.38. The predicted molar refractivity (Wildman–Crippen MR) is 63.3 cm³/mol. The van der Waals surface area contributed by atoms with Gasteiger partial charge in [-0.05, 0) is 30.4 Å². The summed E-state index contributed by atoms with van der Waals surface area (Å²) in [6, 6.07) is 2.75. The summed E-state index contributed by atoms with van der Waals surface area (Å²) in [6.45, 7) is 1.76. The topological polar surface area (TPSA) is 71.2 Å². The summed E-state index contributed by atoms with van der Waals surface area (Å²) in [6.07, 6.45) is 1.28. The quantitative estimate of drug-likeness (QED) is 0.666. The fraction of sp³-hybridized carbons (Fsp3) is 0.273. The van der Waals surface area contributed by atoms with Crippen molar-refractivity contribution in [3.05, 3.63) is 35.2 Å². The third kappa shape index (κ3) is 1.55. The molecular formula is C11H11BFN3O2. The third-order valence-corrected chi connectivity index (χ3v) is 3.20. The van der Waals surface area contributed by atoms with Crippen LogP contribution in [0.5, 0.6) is 0 Å². The molecule has 18 heavy (non-hydrogen) atoms. The maximum absolute atomic E-state index is 14.1. The van der Waals surface area contributed by atoms with E-state index in [4.69, 9.17) is 10.0 Å². The van der Waals surface area contributed by atoms with E-state index in [0.29, 0.717) is 24.4 Å². The van der Waals surface area contributed by atoms with Crippen molar-refractivity contribution in [1.29, 1.82) is 0 Å². The highest BCUT2D eigenvalue weighted by Crippen LogP contribution is 2.26. The van der Waals surface area contributed by atoms with Crippen LogP contribution in [0.25, 0.3) is 5.69 Å². The summed E-state index contributed by atoms with van der Waals surface area (Å²) in [4.78, 5) is 0. The van der Waals surface area contributed by atoms with E-state index >= 15 is 0 Å². The van der Waals surface area contributed by atoms with Crippen molar-refractivity contribution < 1.29 is 14.4 Å². The maximum Gasteiger partial charge on any atom is 0.488 e. The molecule has 0 spiro atoms. The molecule has 0 saturated carbocycles. The van der Waals surface area contributed by atoms with Gasteiger partial charge < -0.3 is 10.0 Å². The molecule has 7 heteroatoms. The van der Waals surface area contributed by atoms with Gasteiger partial charge in [0.2, 0.25) is 0 Å². The van der Waals surface area contributed by atoms with E-state index < -0.39 is 12.9 Å². The molecule has 0 saturated heterocycles. The van der Waals surface area contributed by atoms with Crippen molar-refractivity contribution in [2.24, 2.45) is 0 Å². The van der Waals surface area contributed by atoms with Crippen LogP contribution in [-0.4, -0.2) is 31.9 Å². The molecule has 1 aromatic heterocycles. The minimum atomic E-state index is -1.66. The normalized spacial score (nSPS) is 13.1. The molecule has 0 aliphatic carbocycles. The Morgan fingerprint density at radius 1 is 1.28 bits per heavy atom. The number of hydrogen-bond donors (Lipinski definition) is 2. The van der Waals surface area contributed by atoms with Crippen molar-refractivity contribution in [3.8, 4) is 5.69 Å². The van der Waals surface area contributed by atoms with Crippen LogP contribution < -0.4 is 5.46 Å². The Morgan fingerprint density at radius 3 is 2.78 bits per heavy atom. The van der Waals surface area contributed by atoms with Gasteiger partial charge in [-0.3, -0.25) is 4.57 Å². The molecule has 0 fully saturated rings. The summed E-state index contributed by atoms with van der Waals surface area (Å²) in [5, 5.41) is 26.2. The zero-order chi connectivity index (χ0) is 12.9. The predicted octanol–water partition coefficient (Wildman–Crippen LogP) is -0.507. The van der Waals surface area contributed by atoms with Crippen LogP contribution in [0.1, 0.15) is 17.2 Å². The van der Waals surface area contributed by atoms with Gasteiger partial charge in [0.15, 0.2) is 0 Å². The fourth-order valence-corrected chi connectivity index (χ4v) is 2.37. The second kappa shape index (κ2) is 3.89. The van der Waals surface area contributed by atoms with Crippen LogP contribution in [0, 0.1) is 12.7 Å². The van der Waals surface area contributed by atoms with E-state index in [0.717, 1.165) is 17.5 Å². The highest BCUT2D eigenvalue weighted by molar-refractivity contribution is 6.58. The van der Waals surface area contributed by atoms with Crippen LogP contribution in [0.15, 0.2) is 12.1 Å². The van der Waals surface area contributed by atoms with Gasteiger partial charge in [-0.1, -0.05) is 6.07 Å². The third-order valence-electron chi connectivity index (χ3n) is 3.20. The molecule has 0 radical (unpaired) electrons. The molecule has 5 nitrogen and oxygen atoms in total. The van der Waals surface area contributed by atoms with Crippen LogP contribution in [0.4, 0.5) is 4.39 Å². The maximum atomic E-state index is 14.1. The average Bonchev–Trinajstić information content (AvgIpc) is 2.70. The lowest BCUT2D eigenvalue weighted by molar-refractivity contribution is 0.425. The number of aromatic nitrogens is 3. The standard InChI is InChI=1S/C11H11BFN3O2/c1-6-14-15-10-3-2-7-4-8(12(17)18)5-9(13)11(7)16(6)10/h4-5,17-18H,2-3H2,1H3. The lowest BCUT2D eigenvalue weighted by Gasteiger charge is -2.20. The molecule has 2 heterocycles. The van der Waals surface area contributed by atoms with Gasteiger partial charge in [-0.25, -0.2) is 4.39 Å². The zero-order valence-corrected chi connectivity index (χ0v) is 9.76. The molecule has 1 aliphatic rings. The SMILES string of the molecule is Cc1nnc2n1-c1c(F)cc(B(O)O)cc1CC2. The van der Waals surface area contributed by atoms with Crippen molar-refractivity contribution >= 4 is 12.6 Å². The van der Waals surface area contributed by atoms with E-state index in [2.05, 4.69) is 10.2 Å². The fourth-order valence-electron chi connectivity index (χ4n) is 2.37. The summed E-state index contributed by atoms with van der Waals surface area (Å²) < 4.78 is 15.8. The Balaban J connectivity index is 2.25. The summed E-state index contributed by atoms with van der Waals surface area (Å²) >= 11 is 0. The van der Waals surface area contributed by atoms with Gasteiger partial charge in [0.25, 0.3) is 0 Å². The van der Waals surface area contributed by atoms with Gasteiger partial charge >= 0.3 is 7.12 Å². The van der Waals surface area contributed by atoms with Crippen molar-refractivity contribution in [1.82, 2.24) is 14.8 Å². The minimum absolute atomic E-state index is 0.167. The number of benzene rings is 1. The highest BCUT2D eigenvalue weighted by atomic mass is 19.1. The molecule has 0 amide bonds. The summed E-state index contributed by atoms with van der Waals surface area (Å²) in [7, 11) is -1.66. The first-order valence-electron chi connectivity index (χ1n) is 5.67. The molecule has 0 bridgehead atoms. The van der Waals surface area contributed by atoms with Crippen molar-refractivity contribution in [2.45, 2.75) is 19.8 Å². The Bertz CT molecular complexity index is 627. The van der Waals surface area contributed by atoms with Crippen LogP contribution >= 0.6 is 0 Å². The zero-order valence-electron chi connectivity index (χ0n) is 9.76. The largest absolute Gasteiger partial charge is 0.488 e. The molecular weight excluding hydrogens is 236 g/mol. The first-order valence-corrected chi connectivity index (χ1v) is 5.67. The van der Waals surface area contributed by atoms with Gasteiger partial charge in [0.1, 0.15) is 17.5 Å². The van der Waals surface area contributed by atoms with Crippen LogP contribution in [0.3, 0.4) is 0 Å². The van der Waals surface area contributed by atoms with Gasteiger partial charge in [-0.2, -0.15) is 0 Å². The lowest BCUT2D eigenvalue weighted by Crippen LogP contribution is -2.32. The number of halogens is 1. The molecule has 2 N–H and O–H groups in total. The molecule has 3 rings (SSSR count). The highest BCUT2D eigenvalue weighted by Gasteiger charge is 2.25. The smallest absolute Gasteiger partial charge is 0.423 e. The van der Waals surface area contributed by atoms with Crippen molar-refractivity contribution in [2.75, 3.05) is 0 Å². The molecule has 2 aromatic rings. The number of rotatable bonds is 1. The number of nitrogens with zero attached hydrogens (tertiary/aromatic N) is 3. The summed E-state index contributed by atoms with van der Waals surface area (Å²) in [5.74, 6) is 0.873. The van der Waals surface area contributed by atoms with Gasteiger partial charge in [-0.15, -0.1) is 10.2 Å². The molecule has 0 unspecified atom stereocenters. The summed E-state index contributed by atoms with van der Waals surface area (Å²) in [5.41, 5.74) is 1.33. The second-order valence-corrected chi connectivity index (χ2v) is 4.38.